The zero-order chi connectivity index (χ0) is 13.5. The van der Waals surface area contributed by atoms with Crippen molar-refractivity contribution in [2.45, 2.75) is 38.6 Å². The third-order valence-corrected chi connectivity index (χ3v) is 3.72. The molecule has 0 aliphatic rings. The highest BCUT2D eigenvalue weighted by atomic mass is 35.5. The summed E-state index contributed by atoms with van der Waals surface area (Å²) in [4.78, 5) is 0. The number of hydrogen-bond donors (Lipinski definition) is 1. The van der Waals surface area contributed by atoms with E-state index in [-0.39, 0.29) is 5.38 Å². The van der Waals surface area contributed by atoms with Gasteiger partial charge < -0.3 is 5.32 Å². The van der Waals surface area contributed by atoms with Crippen LogP contribution in [0.1, 0.15) is 32.3 Å². The summed E-state index contributed by atoms with van der Waals surface area (Å²) >= 11 is 6.27. The van der Waals surface area contributed by atoms with Crippen molar-refractivity contribution in [3.05, 3.63) is 35.4 Å². The molecule has 0 radical (unpaired) electrons. The Labute approximate surface area is 113 Å². The number of nitrogens with one attached hydrogen (secondary N) is 1. The second-order valence-electron chi connectivity index (χ2n) is 4.47. The summed E-state index contributed by atoms with van der Waals surface area (Å²) in [5, 5.41) is 3.25. The smallest absolute Gasteiger partial charge is 0.159 e. The first-order valence-electron chi connectivity index (χ1n) is 6.37. The van der Waals surface area contributed by atoms with Crippen molar-refractivity contribution >= 4 is 11.6 Å². The van der Waals surface area contributed by atoms with Gasteiger partial charge in [-0.1, -0.05) is 32.8 Å². The van der Waals surface area contributed by atoms with Gasteiger partial charge in [0, 0.05) is 18.5 Å². The molecular formula is C14H20ClF2N. The number of halogens is 3. The van der Waals surface area contributed by atoms with E-state index in [1.807, 2.05) is 0 Å². The van der Waals surface area contributed by atoms with Crippen LogP contribution in [0.4, 0.5) is 8.78 Å². The highest BCUT2D eigenvalue weighted by Gasteiger charge is 2.14. The second-order valence-corrected chi connectivity index (χ2v) is 5.03. The summed E-state index contributed by atoms with van der Waals surface area (Å²) in [6.45, 7) is 5.42. The molecule has 0 saturated heterocycles. The number of alkyl halides is 1. The molecule has 0 bridgehead atoms. The van der Waals surface area contributed by atoms with E-state index in [0.717, 1.165) is 24.5 Å². The van der Waals surface area contributed by atoms with Gasteiger partial charge in [-0.25, -0.2) is 8.78 Å². The van der Waals surface area contributed by atoms with Crippen molar-refractivity contribution in [1.29, 1.82) is 0 Å². The van der Waals surface area contributed by atoms with Crippen LogP contribution in [0.25, 0.3) is 0 Å². The molecule has 4 heteroatoms. The molecule has 1 unspecified atom stereocenters. The summed E-state index contributed by atoms with van der Waals surface area (Å²) < 4.78 is 25.7. The van der Waals surface area contributed by atoms with Gasteiger partial charge in [0.15, 0.2) is 11.6 Å². The highest BCUT2D eigenvalue weighted by Crippen LogP contribution is 2.17. The Morgan fingerprint density at radius 3 is 2.39 bits per heavy atom. The Kier molecular flexibility index (Phi) is 6.58. The third-order valence-electron chi connectivity index (χ3n) is 3.21. The minimum Gasteiger partial charge on any atom is -0.311 e. The number of benzene rings is 1. The molecule has 18 heavy (non-hydrogen) atoms. The van der Waals surface area contributed by atoms with E-state index < -0.39 is 11.6 Å². The van der Waals surface area contributed by atoms with Crippen LogP contribution >= 0.6 is 11.6 Å². The van der Waals surface area contributed by atoms with Crippen LogP contribution < -0.4 is 5.32 Å². The molecule has 0 fully saturated rings. The fraction of sp³-hybridized carbons (Fsp3) is 0.571. The van der Waals surface area contributed by atoms with Crippen LogP contribution in [0.15, 0.2) is 18.2 Å². The fourth-order valence-electron chi connectivity index (χ4n) is 1.97. The lowest BCUT2D eigenvalue weighted by Gasteiger charge is -2.19. The maximum atomic E-state index is 13.0. The van der Waals surface area contributed by atoms with E-state index >= 15 is 0 Å². The first-order chi connectivity index (χ1) is 8.58. The van der Waals surface area contributed by atoms with E-state index in [0.29, 0.717) is 19.0 Å². The van der Waals surface area contributed by atoms with Crippen molar-refractivity contribution in [1.82, 2.24) is 5.32 Å². The summed E-state index contributed by atoms with van der Waals surface area (Å²) in [7, 11) is 0. The normalized spacial score (nSPS) is 13.0. The van der Waals surface area contributed by atoms with Crippen LogP contribution in [-0.2, 0) is 6.54 Å². The van der Waals surface area contributed by atoms with Gasteiger partial charge in [-0.15, -0.1) is 11.6 Å². The van der Waals surface area contributed by atoms with Gasteiger partial charge in [0.25, 0.3) is 0 Å². The van der Waals surface area contributed by atoms with Crippen LogP contribution in [0.3, 0.4) is 0 Å². The number of hydrogen-bond acceptors (Lipinski definition) is 1. The first kappa shape index (κ1) is 15.4. The highest BCUT2D eigenvalue weighted by molar-refractivity contribution is 6.21. The summed E-state index contributed by atoms with van der Waals surface area (Å²) in [5.74, 6) is -1.13. The average Bonchev–Trinajstić information content (AvgIpc) is 2.35. The molecule has 1 nitrogen and oxygen atoms in total. The van der Waals surface area contributed by atoms with Gasteiger partial charge in [0.2, 0.25) is 0 Å². The average molecular weight is 276 g/mol. The quantitative estimate of drug-likeness (QED) is 0.739. The minimum atomic E-state index is -0.814. The molecular weight excluding hydrogens is 256 g/mol. The summed E-state index contributed by atoms with van der Waals surface area (Å²) in [6.07, 6.45) is 2.11. The monoisotopic (exact) mass is 275 g/mol. The molecule has 0 spiro atoms. The van der Waals surface area contributed by atoms with E-state index in [9.17, 15) is 8.78 Å². The largest absolute Gasteiger partial charge is 0.311 e. The molecule has 1 N–H and O–H groups in total. The van der Waals surface area contributed by atoms with E-state index in [2.05, 4.69) is 19.2 Å². The van der Waals surface area contributed by atoms with E-state index in [1.165, 1.54) is 6.07 Å². The second kappa shape index (κ2) is 7.70. The lowest BCUT2D eigenvalue weighted by Crippen LogP contribution is -2.28. The minimum absolute atomic E-state index is 0.0743. The summed E-state index contributed by atoms with van der Waals surface area (Å²) in [5.41, 5.74) is 0.724. The van der Waals surface area contributed by atoms with Crippen LogP contribution in [0.5, 0.6) is 0 Å². The van der Waals surface area contributed by atoms with Gasteiger partial charge >= 0.3 is 0 Å². The molecule has 1 atom stereocenters. The van der Waals surface area contributed by atoms with Crippen LogP contribution in [0.2, 0.25) is 0 Å². The Morgan fingerprint density at radius 1 is 1.17 bits per heavy atom. The van der Waals surface area contributed by atoms with Crippen LogP contribution in [0, 0.1) is 17.6 Å². The molecule has 1 rings (SSSR count). The van der Waals surface area contributed by atoms with E-state index in [4.69, 9.17) is 11.6 Å². The maximum Gasteiger partial charge on any atom is 0.159 e. The topological polar surface area (TPSA) is 12.0 Å². The SMILES string of the molecule is CCC(CC)C(Cl)CNCc1ccc(F)c(F)c1. The van der Waals surface area contributed by atoms with Crippen molar-refractivity contribution in [2.24, 2.45) is 5.92 Å². The molecule has 0 aliphatic carbocycles. The molecule has 0 amide bonds. The molecule has 0 aromatic heterocycles. The predicted molar refractivity (Wildman–Crippen MR) is 71.8 cm³/mol. The van der Waals surface area contributed by atoms with Crippen LogP contribution in [-0.4, -0.2) is 11.9 Å². The van der Waals surface area contributed by atoms with Gasteiger partial charge in [0.1, 0.15) is 0 Å². The van der Waals surface area contributed by atoms with Crippen molar-refractivity contribution in [2.75, 3.05) is 6.54 Å². The molecule has 0 heterocycles. The van der Waals surface area contributed by atoms with Gasteiger partial charge in [-0.2, -0.15) is 0 Å². The molecule has 0 aliphatic heterocycles. The van der Waals surface area contributed by atoms with Crippen molar-refractivity contribution < 1.29 is 8.78 Å². The molecule has 0 saturated carbocycles. The lowest BCUT2D eigenvalue weighted by atomic mass is 9.99. The zero-order valence-electron chi connectivity index (χ0n) is 10.8. The fourth-order valence-corrected chi connectivity index (χ4v) is 2.44. The Bertz CT molecular complexity index is 367. The molecule has 1 aromatic rings. The number of rotatable bonds is 7. The van der Waals surface area contributed by atoms with Gasteiger partial charge in [-0.3, -0.25) is 0 Å². The standard InChI is InChI=1S/C14H20ClF2N/c1-3-11(4-2)12(15)9-18-8-10-5-6-13(16)14(17)7-10/h5-7,11-12,18H,3-4,8-9H2,1-2H3. The Morgan fingerprint density at radius 2 is 1.83 bits per heavy atom. The molecule has 1 aromatic carbocycles. The van der Waals surface area contributed by atoms with Crippen molar-refractivity contribution in [3.8, 4) is 0 Å². The predicted octanol–water partition coefficient (Wildman–Crippen LogP) is 4.10. The van der Waals surface area contributed by atoms with E-state index in [1.54, 1.807) is 6.07 Å². The van der Waals surface area contributed by atoms with Crippen molar-refractivity contribution in [3.63, 3.8) is 0 Å². The maximum absolute atomic E-state index is 13.0. The van der Waals surface area contributed by atoms with Gasteiger partial charge in [-0.05, 0) is 23.6 Å². The molecule has 102 valence electrons. The summed E-state index contributed by atoms with van der Waals surface area (Å²) in [6, 6.07) is 3.93. The first-order valence-corrected chi connectivity index (χ1v) is 6.80. The Hall–Kier alpha value is -0.670. The van der Waals surface area contributed by atoms with Gasteiger partial charge in [0.05, 0.1) is 0 Å². The third kappa shape index (κ3) is 4.54. The zero-order valence-corrected chi connectivity index (χ0v) is 11.6. The Balaban J connectivity index is 2.39. The lowest BCUT2D eigenvalue weighted by molar-refractivity contribution is 0.445.